The number of pyridine rings is 1. The number of aromatic nitrogens is 1. The number of hydrogen-bond acceptors (Lipinski definition) is 5. The summed E-state index contributed by atoms with van der Waals surface area (Å²) in [5, 5.41) is 5.31. The Morgan fingerprint density at radius 2 is 1.87 bits per heavy atom. The lowest BCUT2D eigenvalue weighted by molar-refractivity contribution is -0.120. The summed E-state index contributed by atoms with van der Waals surface area (Å²) in [6.45, 7) is 0.226. The molecular formula is C15H16BrN3O3S. The highest BCUT2D eigenvalue weighted by Gasteiger charge is 2.14. The largest absolute Gasteiger partial charge is 0.349 e. The van der Waals surface area contributed by atoms with Crippen molar-refractivity contribution >= 4 is 31.7 Å². The molecular weight excluding hydrogens is 382 g/mol. The third kappa shape index (κ3) is 5.74. The second-order valence-electron chi connectivity index (χ2n) is 4.74. The first kappa shape index (κ1) is 17.6. The number of nitrogens with one attached hydrogen (secondary N) is 2. The van der Waals surface area contributed by atoms with Crippen molar-refractivity contribution in [3.8, 4) is 0 Å². The quantitative estimate of drug-likeness (QED) is 0.738. The molecule has 2 rings (SSSR count). The van der Waals surface area contributed by atoms with E-state index in [4.69, 9.17) is 0 Å². The smallest absolute Gasteiger partial charge is 0.234 e. The van der Waals surface area contributed by atoms with E-state index in [0.29, 0.717) is 6.54 Å². The maximum Gasteiger partial charge on any atom is 0.234 e. The second-order valence-corrected chi connectivity index (χ2v) is 7.64. The lowest BCUT2D eigenvalue weighted by atomic mass is 10.3. The summed E-state index contributed by atoms with van der Waals surface area (Å²) < 4.78 is 25.0. The summed E-state index contributed by atoms with van der Waals surface area (Å²) in [6, 6.07) is 11.8. The summed E-state index contributed by atoms with van der Waals surface area (Å²) in [7, 11) is -3.46. The molecule has 0 aliphatic carbocycles. The van der Waals surface area contributed by atoms with Gasteiger partial charge in [0, 0.05) is 10.7 Å². The molecule has 0 aliphatic heterocycles. The summed E-state index contributed by atoms with van der Waals surface area (Å²) in [5.74, 6) is -0.590. The van der Waals surface area contributed by atoms with Crippen LogP contribution < -0.4 is 10.6 Å². The van der Waals surface area contributed by atoms with Gasteiger partial charge in [0.05, 0.1) is 23.7 Å². The molecule has 0 saturated carbocycles. The van der Waals surface area contributed by atoms with E-state index in [1.54, 1.807) is 30.5 Å². The van der Waals surface area contributed by atoms with Crippen LogP contribution in [0.1, 0.15) is 5.69 Å². The maximum atomic E-state index is 12.1. The van der Waals surface area contributed by atoms with Gasteiger partial charge < -0.3 is 5.32 Å². The number of amides is 1. The fourth-order valence-electron chi connectivity index (χ4n) is 1.78. The Balaban J connectivity index is 1.77. The Kier molecular flexibility index (Phi) is 6.26. The zero-order valence-electron chi connectivity index (χ0n) is 12.2. The highest BCUT2D eigenvalue weighted by molar-refractivity contribution is 9.10. The van der Waals surface area contributed by atoms with Gasteiger partial charge in [-0.1, -0.05) is 22.0 Å². The van der Waals surface area contributed by atoms with E-state index >= 15 is 0 Å². The molecule has 0 unspecified atom stereocenters. The van der Waals surface area contributed by atoms with Gasteiger partial charge in [-0.3, -0.25) is 15.1 Å². The SMILES string of the molecule is O=C(CNCS(=O)(=O)c1ccc(Br)cc1)NCc1ccccn1. The summed E-state index contributed by atoms with van der Waals surface area (Å²) in [5.41, 5.74) is 0.739. The minimum Gasteiger partial charge on any atom is -0.349 e. The third-order valence-electron chi connectivity index (χ3n) is 2.94. The van der Waals surface area contributed by atoms with E-state index < -0.39 is 9.84 Å². The zero-order valence-corrected chi connectivity index (χ0v) is 14.6. The normalized spacial score (nSPS) is 11.2. The number of benzene rings is 1. The summed E-state index contributed by atoms with van der Waals surface area (Å²) in [6.07, 6.45) is 1.64. The fraction of sp³-hybridized carbons (Fsp3) is 0.200. The van der Waals surface area contributed by atoms with Gasteiger partial charge in [0.2, 0.25) is 5.91 Å². The number of hydrogen-bond donors (Lipinski definition) is 2. The summed E-state index contributed by atoms with van der Waals surface area (Å²) >= 11 is 3.25. The Hall–Kier alpha value is -1.77. The fourth-order valence-corrected chi connectivity index (χ4v) is 3.13. The standard InChI is InChI=1S/C15H16BrN3O3S/c16-12-4-6-14(7-5-12)23(21,22)11-17-10-15(20)19-9-13-3-1-2-8-18-13/h1-8,17H,9-11H2,(H,19,20). The maximum absolute atomic E-state index is 12.1. The lowest BCUT2D eigenvalue weighted by Gasteiger charge is -2.08. The van der Waals surface area contributed by atoms with Crippen molar-refractivity contribution in [2.75, 3.05) is 12.4 Å². The first-order valence-electron chi connectivity index (χ1n) is 6.83. The molecule has 0 fully saturated rings. The average molecular weight is 398 g/mol. The van der Waals surface area contributed by atoms with Gasteiger partial charge in [-0.15, -0.1) is 0 Å². The molecule has 0 radical (unpaired) electrons. The summed E-state index contributed by atoms with van der Waals surface area (Å²) in [4.78, 5) is 16.0. The van der Waals surface area contributed by atoms with Gasteiger partial charge in [-0.2, -0.15) is 0 Å². The van der Waals surface area contributed by atoms with Crippen LogP contribution in [0.5, 0.6) is 0 Å². The van der Waals surface area contributed by atoms with Crippen LogP contribution in [0.15, 0.2) is 58.0 Å². The first-order valence-corrected chi connectivity index (χ1v) is 9.27. The van der Waals surface area contributed by atoms with Gasteiger partial charge in [-0.25, -0.2) is 8.42 Å². The molecule has 1 heterocycles. The van der Waals surface area contributed by atoms with E-state index in [-0.39, 0.29) is 23.2 Å². The predicted octanol–water partition coefficient (Wildman–Crippen LogP) is 1.48. The van der Waals surface area contributed by atoms with Crippen LogP contribution in [0.4, 0.5) is 0 Å². The van der Waals surface area contributed by atoms with E-state index in [2.05, 4.69) is 31.5 Å². The highest BCUT2D eigenvalue weighted by Crippen LogP contribution is 2.15. The van der Waals surface area contributed by atoms with Crippen molar-refractivity contribution in [2.24, 2.45) is 0 Å². The van der Waals surface area contributed by atoms with Gasteiger partial charge in [0.25, 0.3) is 0 Å². The molecule has 8 heteroatoms. The van der Waals surface area contributed by atoms with Crippen LogP contribution >= 0.6 is 15.9 Å². The molecule has 122 valence electrons. The Morgan fingerprint density at radius 1 is 1.13 bits per heavy atom. The topological polar surface area (TPSA) is 88.2 Å². The average Bonchev–Trinajstić information content (AvgIpc) is 2.54. The molecule has 0 bridgehead atoms. The molecule has 1 aromatic carbocycles. The first-order chi connectivity index (χ1) is 11.0. The van der Waals surface area contributed by atoms with Gasteiger partial charge in [0.1, 0.15) is 5.88 Å². The van der Waals surface area contributed by atoms with Gasteiger partial charge >= 0.3 is 0 Å². The molecule has 0 atom stereocenters. The number of rotatable bonds is 7. The number of halogens is 1. The minimum absolute atomic E-state index is 0.0808. The van der Waals surface area contributed by atoms with Crippen molar-refractivity contribution in [3.05, 3.63) is 58.8 Å². The van der Waals surface area contributed by atoms with Crippen molar-refractivity contribution in [3.63, 3.8) is 0 Å². The molecule has 2 N–H and O–H groups in total. The van der Waals surface area contributed by atoms with Crippen molar-refractivity contribution < 1.29 is 13.2 Å². The molecule has 1 amide bonds. The molecule has 0 spiro atoms. The number of carbonyl (C=O) groups is 1. The van der Waals surface area contributed by atoms with Gasteiger partial charge in [-0.05, 0) is 36.4 Å². The Morgan fingerprint density at radius 3 is 2.52 bits per heavy atom. The van der Waals surface area contributed by atoms with Crippen LogP contribution in [0.2, 0.25) is 0 Å². The minimum atomic E-state index is -3.46. The molecule has 6 nitrogen and oxygen atoms in total. The van der Waals surface area contributed by atoms with Crippen LogP contribution in [0, 0.1) is 0 Å². The van der Waals surface area contributed by atoms with Crippen LogP contribution in [-0.4, -0.2) is 31.7 Å². The Labute approximate surface area is 143 Å². The molecule has 1 aromatic heterocycles. The van der Waals surface area contributed by atoms with Crippen molar-refractivity contribution in [1.29, 1.82) is 0 Å². The molecule has 0 aliphatic rings. The predicted molar refractivity (Wildman–Crippen MR) is 90.3 cm³/mol. The van der Waals surface area contributed by atoms with E-state index in [9.17, 15) is 13.2 Å². The van der Waals surface area contributed by atoms with Crippen LogP contribution in [-0.2, 0) is 21.2 Å². The van der Waals surface area contributed by atoms with E-state index in [0.717, 1.165) is 10.2 Å². The molecule has 2 aromatic rings. The third-order valence-corrected chi connectivity index (χ3v) is 5.05. The number of nitrogens with zero attached hydrogens (tertiary/aromatic N) is 1. The zero-order chi connectivity index (χ0) is 16.7. The Bertz CT molecular complexity index is 749. The number of carbonyl (C=O) groups excluding carboxylic acids is 1. The van der Waals surface area contributed by atoms with Crippen molar-refractivity contribution in [2.45, 2.75) is 11.4 Å². The number of sulfone groups is 1. The van der Waals surface area contributed by atoms with Gasteiger partial charge in [0.15, 0.2) is 9.84 Å². The van der Waals surface area contributed by atoms with E-state index in [1.165, 1.54) is 12.1 Å². The van der Waals surface area contributed by atoms with Crippen molar-refractivity contribution in [1.82, 2.24) is 15.6 Å². The monoisotopic (exact) mass is 397 g/mol. The van der Waals surface area contributed by atoms with Crippen LogP contribution in [0.25, 0.3) is 0 Å². The second kappa shape index (κ2) is 8.19. The molecule has 0 saturated heterocycles. The molecule has 23 heavy (non-hydrogen) atoms. The lowest BCUT2D eigenvalue weighted by Crippen LogP contribution is -2.36. The van der Waals surface area contributed by atoms with E-state index in [1.807, 2.05) is 6.07 Å². The highest BCUT2D eigenvalue weighted by atomic mass is 79.9. The van der Waals surface area contributed by atoms with Crippen LogP contribution in [0.3, 0.4) is 0 Å².